The zero-order valence-corrected chi connectivity index (χ0v) is 16.0. The molecule has 0 saturated carbocycles. The number of anilines is 3. The summed E-state index contributed by atoms with van der Waals surface area (Å²) in [4.78, 5) is 12.4. The number of aromatic amines is 1. The number of aryl methyl sites for hydroxylation is 1. The van der Waals surface area contributed by atoms with Crippen molar-refractivity contribution in [2.45, 2.75) is 13.3 Å². The summed E-state index contributed by atoms with van der Waals surface area (Å²) in [6.07, 6.45) is 2.98. The molecule has 142 valence electrons. The maximum Gasteiger partial charge on any atom is 0.229 e. The molecule has 0 spiro atoms. The van der Waals surface area contributed by atoms with Crippen molar-refractivity contribution in [3.8, 4) is 5.75 Å². The lowest BCUT2D eigenvalue weighted by Gasteiger charge is -2.12. The fourth-order valence-corrected chi connectivity index (χ4v) is 3.25. The zero-order valence-electron chi connectivity index (χ0n) is 16.0. The van der Waals surface area contributed by atoms with Crippen molar-refractivity contribution in [2.24, 2.45) is 0 Å². The van der Waals surface area contributed by atoms with Crippen LogP contribution >= 0.6 is 0 Å². The maximum absolute atomic E-state index is 5.38. The van der Waals surface area contributed by atoms with E-state index >= 15 is 0 Å². The molecule has 0 radical (unpaired) electrons. The van der Waals surface area contributed by atoms with E-state index in [1.807, 2.05) is 43.3 Å². The van der Waals surface area contributed by atoms with Gasteiger partial charge in [0.1, 0.15) is 11.6 Å². The van der Waals surface area contributed by atoms with Crippen LogP contribution in [0.4, 0.5) is 17.5 Å². The van der Waals surface area contributed by atoms with Crippen LogP contribution in [0.2, 0.25) is 0 Å². The van der Waals surface area contributed by atoms with E-state index in [0.29, 0.717) is 5.95 Å². The summed E-state index contributed by atoms with van der Waals surface area (Å²) >= 11 is 0. The Bertz CT molecular complexity index is 1090. The highest BCUT2D eigenvalue weighted by Gasteiger charge is 2.07. The Morgan fingerprint density at radius 3 is 2.75 bits per heavy atom. The first-order valence-electron chi connectivity index (χ1n) is 9.27. The molecule has 2 aromatic carbocycles. The van der Waals surface area contributed by atoms with Gasteiger partial charge in [-0.2, -0.15) is 4.98 Å². The lowest BCUT2D eigenvalue weighted by molar-refractivity contribution is 0.417. The van der Waals surface area contributed by atoms with Gasteiger partial charge < -0.3 is 20.4 Å². The van der Waals surface area contributed by atoms with Gasteiger partial charge in [0.2, 0.25) is 5.95 Å². The molecule has 2 aromatic heterocycles. The van der Waals surface area contributed by atoms with Crippen molar-refractivity contribution >= 4 is 28.4 Å². The monoisotopic (exact) mass is 373 g/mol. The van der Waals surface area contributed by atoms with Gasteiger partial charge >= 0.3 is 0 Å². The Morgan fingerprint density at radius 2 is 1.86 bits per heavy atom. The number of nitrogens with one attached hydrogen (secondary N) is 3. The summed E-state index contributed by atoms with van der Waals surface area (Å²) in [6.45, 7) is 2.74. The molecular weight excluding hydrogens is 350 g/mol. The smallest absolute Gasteiger partial charge is 0.229 e. The maximum atomic E-state index is 5.38. The summed E-state index contributed by atoms with van der Waals surface area (Å²) in [5.41, 5.74) is 4.18. The topological polar surface area (TPSA) is 74.9 Å². The number of methoxy groups -OCH3 is 1. The molecule has 6 nitrogen and oxygen atoms in total. The third-order valence-corrected chi connectivity index (χ3v) is 4.58. The lowest BCUT2D eigenvalue weighted by Crippen LogP contribution is -2.08. The van der Waals surface area contributed by atoms with Crippen molar-refractivity contribution in [3.05, 3.63) is 72.1 Å². The second-order valence-electron chi connectivity index (χ2n) is 6.58. The highest BCUT2D eigenvalue weighted by Crippen LogP contribution is 2.26. The van der Waals surface area contributed by atoms with Gasteiger partial charge in [0.05, 0.1) is 12.8 Å². The van der Waals surface area contributed by atoms with Gasteiger partial charge in [-0.25, -0.2) is 4.98 Å². The van der Waals surface area contributed by atoms with Gasteiger partial charge in [-0.3, -0.25) is 0 Å². The van der Waals surface area contributed by atoms with E-state index in [1.54, 1.807) is 7.11 Å². The van der Waals surface area contributed by atoms with Crippen LogP contribution in [-0.2, 0) is 6.42 Å². The predicted molar refractivity (Wildman–Crippen MR) is 114 cm³/mol. The second-order valence-corrected chi connectivity index (χ2v) is 6.58. The first-order valence-corrected chi connectivity index (χ1v) is 9.27. The summed E-state index contributed by atoms with van der Waals surface area (Å²) in [5.74, 6) is 2.09. The van der Waals surface area contributed by atoms with E-state index in [2.05, 4.69) is 50.0 Å². The van der Waals surface area contributed by atoms with Crippen molar-refractivity contribution in [1.29, 1.82) is 0 Å². The average Bonchev–Trinajstić information content (AvgIpc) is 3.11. The number of aromatic nitrogens is 3. The SMILES string of the molecule is COc1ccccc1Nc1nc(C)cc(NCCc2c[nH]c3ccccc23)n1. The molecular formula is C22H23N5O. The van der Waals surface area contributed by atoms with Gasteiger partial charge in [0, 0.05) is 35.4 Å². The number of rotatable bonds is 7. The number of para-hydroxylation sites is 3. The quantitative estimate of drug-likeness (QED) is 0.439. The first kappa shape index (κ1) is 17.9. The Kier molecular flexibility index (Phi) is 5.10. The van der Waals surface area contributed by atoms with E-state index in [4.69, 9.17) is 4.74 Å². The molecule has 0 bridgehead atoms. The van der Waals surface area contributed by atoms with Gasteiger partial charge in [0.25, 0.3) is 0 Å². The number of fused-ring (bicyclic) bond motifs is 1. The fraction of sp³-hybridized carbons (Fsp3) is 0.182. The number of benzene rings is 2. The van der Waals surface area contributed by atoms with E-state index in [-0.39, 0.29) is 0 Å². The van der Waals surface area contributed by atoms with Crippen molar-refractivity contribution in [1.82, 2.24) is 15.0 Å². The Balaban J connectivity index is 1.45. The van der Waals surface area contributed by atoms with Crippen molar-refractivity contribution in [2.75, 3.05) is 24.3 Å². The molecule has 4 aromatic rings. The van der Waals surface area contributed by atoms with Gasteiger partial charge in [-0.15, -0.1) is 0 Å². The number of nitrogens with zero attached hydrogens (tertiary/aromatic N) is 2. The highest BCUT2D eigenvalue weighted by atomic mass is 16.5. The summed E-state index contributed by atoms with van der Waals surface area (Å²) in [6, 6.07) is 18.0. The molecule has 0 saturated heterocycles. The second kappa shape index (κ2) is 8.00. The number of hydrogen-bond acceptors (Lipinski definition) is 5. The lowest BCUT2D eigenvalue weighted by atomic mass is 10.1. The Morgan fingerprint density at radius 1 is 1.04 bits per heavy atom. The number of ether oxygens (including phenoxy) is 1. The molecule has 0 amide bonds. The summed E-state index contributed by atoms with van der Waals surface area (Å²) in [7, 11) is 1.65. The Labute approximate surface area is 164 Å². The first-order chi connectivity index (χ1) is 13.7. The van der Waals surface area contributed by atoms with Crippen LogP contribution in [0, 0.1) is 6.92 Å². The zero-order chi connectivity index (χ0) is 19.3. The van der Waals surface area contributed by atoms with Crippen LogP contribution in [0.3, 0.4) is 0 Å². The van der Waals surface area contributed by atoms with Gasteiger partial charge in [-0.1, -0.05) is 30.3 Å². The van der Waals surface area contributed by atoms with Crippen LogP contribution in [-0.4, -0.2) is 28.6 Å². The Hall–Kier alpha value is -3.54. The predicted octanol–water partition coefficient (Wildman–Crippen LogP) is 4.67. The highest BCUT2D eigenvalue weighted by molar-refractivity contribution is 5.83. The normalized spacial score (nSPS) is 10.8. The molecule has 0 unspecified atom stereocenters. The van der Waals surface area contributed by atoms with Crippen molar-refractivity contribution < 1.29 is 4.74 Å². The fourth-order valence-electron chi connectivity index (χ4n) is 3.25. The average molecular weight is 373 g/mol. The minimum Gasteiger partial charge on any atom is -0.495 e. The molecule has 6 heteroatoms. The van der Waals surface area contributed by atoms with E-state index in [1.165, 1.54) is 16.5 Å². The van der Waals surface area contributed by atoms with E-state index in [9.17, 15) is 0 Å². The number of H-pyrrole nitrogens is 1. The molecule has 0 aliphatic heterocycles. The number of hydrogen-bond donors (Lipinski definition) is 3. The van der Waals surface area contributed by atoms with Gasteiger partial charge in [-0.05, 0) is 37.1 Å². The molecule has 3 N–H and O–H groups in total. The molecule has 2 heterocycles. The molecule has 4 rings (SSSR count). The summed E-state index contributed by atoms with van der Waals surface area (Å²) in [5, 5.41) is 7.91. The molecule has 0 atom stereocenters. The van der Waals surface area contributed by atoms with Crippen LogP contribution in [0.25, 0.3) is 10.9 Å². The van der Waals surface area contributed by atoms with Crippen LogP contribution < -0.4 is 15.4 Å². The van der Waals surface area contributed by atoms with Crippen LogP contribution in [0.5, 0.6) is 5.75 Å². The van der Waals surface area contributed by atoms with Crippen molar-refractivity contribution in [3.63, 3.8) is 0 Å². The van der Waals surface area contributed by atoms with Crippen LogP contribution in [0.15, 0.2) is 60.8 Å². The van der Waals surface area contributed by atoms with E-state index in [0.717, 1.165) is 35.9 Å². The molecule has 0 aliphatic rings. The minimum atomic E-state index is 0.541. The van der Waals surface area contributed by atoms with Gasteiger partial charge in [0.15, 0.2) is 0 Å². The van der Waals surface area contributed by atoms with Crippen LogP contribution in [0.1, 0.15) is 11.3 Å². The third-order valence-electron chi connectivity index (χ3n) is 4.58. The minimum absolute atomic E-state index is 0.541. The largest absolute Gasteiger partial charge is 0.495 e. The standard InChI is InChI=1S/C22H23N5O/c1-15-13-21(23-12-11-16-14-24-18-8-4-3-7-17(16)18)27-22(25-15)26-19-9-5-6-10-20(19)28-2/h3-10,13-14,24H,11-12H2,1-2H3,(H2,23,25,26,27). The molecule has 0 fully saturated rings. The summed E-state index contributed by atoms with van der Waals surface area (Å²) < 4.78 is 5.38. The molecule has 0 aliphatic carbocycles. The molecule has 28 heavy (non-hydrogen) atoms. The third kappa shape index (κ3) is 3.91. The van der Waals surface area contributed by atoms with E-state index < -0.39 is 0 Å².